The normalized spacial score (nSPS) is 10.4. The van der Waals surface area contributed by atoms with Gasteiger partial charge in [0.25, 0.3) is 5.91 Å². The number of halogens is 4. The van der Waals surface area contributed by atoms with Crippen LogP contribution in [0.2, 0.25) is 5.02 Å². The van der Waals surface area contributed by atoms with E-state index >= 15 is 0 Å². The van der Waals surface area contributed by atoms with E-state index in [1.165, 1.54) is 0 Å². The molecule has 0 aliphatic rings. The molecule has 2 aromatic rings. The minimum Gasteiger partial charge on any atom is -0.506 e. The van der Waals surface area contributed by atoms with E-state index in [9.17, 15) is 23.1 Å². The Labute approximate surface area is 116 Å². The van der Waals surface area contributed by atoms with Crippen LogP contribution in [0.1, 0.15) is 10.4 Å². The highest BCUT2D eigenvalue weighted by molar-refractivity contribution is 6.31. The Balaban J connectivity index is 2.35. The first-order valence-electron chi connectivity index (χ1n) is 5.33. The molecule has 0 aliphatic carbocycles. The monoisotopic (exact) mass is 301 g/mol. The van der Waals surface area contributed by atoms with Crippen LogP contribution < -0.4 is 5.32 Å². The number of nitrogens with one attached hydrogen (secondary N) is 1. The number of hydrogen-bond acceptors (Lipinski definition) is 2. The van der Waals surface area contributed by atoms with Gasteiger partial charge in [-0.3, -0.25) is 4.79 Å². The Hall–Kier alpha value is -2.21. The SMILES string of the molecule is O=C(Nc1cc(Cl)c(F)cc1O)c1c(F)cccc1F. The summed E-state index contributed by atoms with van der Waals surface area (Å²) >= 11 is 5.49. The molecule has 20 heavy (non-hydrogen) atoms. The lowest BCUT2D eigenvalue weighted by Crippen LogP contribution is -2.16. The summed E-state index contributed by atoms with van der Waals surface area (Å²) in [7, 11) is 0. The summed E-state index contributed by atoms with van der Waals surface area (Å²) in [4.78, 5) is 11.8. The van der Waals surface area contributed by atoms with E-state index in [-0.39, 0.29) is 10.7 Å². The lowest BCUT2D eigenvalue weighted by molar-refractivity contribution is 0.101. The molecule has 0 aromatic heterocycles. The van der Waals surface area contributed by atoms with Gasteiger partial charge in [-0.15, -0.1) is 0 Å². The first-order valence-corrected chi connectivity index (χ1v) is 5.71. The Morgan fingerprint density at radius 2 is 1.70 bits per heavy atom. The molecule has 0 saturated heterocycles. The van der Waals surface area contributed by atoms with Crippen molar-refractivity contribution in [2.24, 2.45) is 0 Å². The van der Waals surface area contributed by atoms with Gasteiger partial charge in [-0.2, -0.15) is 0 Å². The molecule has 2 N–H and O–H groups in total. The average molecular weight is 302 g/mol. The number of carbonyl (C=O) groups is 1. The van der Waals surface area contributed by atoms with Gasteiger partial charge in [0, 0.05) is 6.07 Å². The van der Waals surface area contributed by atoms with Gasteiger partial charge in [0.2, 0.25) is 0 Å². The number of carbonyl (C=O) groups excluding carboxylic acids is 1. The minimum atomic E-state index is -1.13. The molecule has 0 saturated carbocycles. The van der Waals surface area contributed by atoms with E-state index in [2.05, 4.69) is 5.32 Å². The summed E-state index contributed by atoms with van der Waals surface area (Å²) < 4.78 is 39.8. The molecule has 2 aromatic carbocycles. The van der Waals surface area contributed by atoms with Crippen molar-refractivity contribution in [3.8, 4) is 5.75 Å². The number of amides is 1. The lowest BCUT2D eigenvalue weighted by atomic mass is 10.1. The van der Waals surface area contributed by atoms with Crippen LogP contribution in [0.25, 0.3) is 0 Å². The molecule has 0 aliphatic heterocycles. The van der Waals surface area contributed by atoms with E-state index in [0.717, 1.165) is 24.3 Å². The molecule has 0 spiro atoms. The highest BCUT2D eigenvalue weighted by Crippen LogP contribution is 2.30. The van der Waals surface area contributed by atoms with Crippen molar-refractivity contribution in [3.63, 3.8) is 0 Å². The molecule has 3 nitrogen and oxygen atoms in total. The van der Waals surface area contributed by atoms with E-state index in [1.54, 1.807) is 0 Å². The van der Waals surface area contributed by atoms with E-state index in [1.807, 2.05) is 0 Å². The van der Waals surface area contributed by atoms with Crippen molar-refractivity contribution in [1.29, 1.82) is 0 Å². The van der Waals surface area contributed by atoms with Crippen molar-refractivity contribution >= 4 is 23.2 Å². The molecule has 0 bridgehead atoms. The number of aromatic hydroxyl groups is 1. The van der Waals surface area contributed by atoms with Gasteiger partial charge < -0.3 is 10.4 Å². The van der Waals surface area contributed by atoms with Gasteiger partial charge in [-0.25, -0.2) is 13.2 Å². The van der Waals surface area contributed by atoms with Crippen molar-refractivity contribution in [2.75, 3.05) is 5.32 Å². The van der Waals surface area contributed by atoms with E-state index in [0.29, 0.717) is 6.07 Å². The smallest absolute Gasteiger partial charge is 0.261 e. The van der Waals surface area contributed by atoms with Crippen molar-refractivity contribution < 1.29 is 23.1 Å². The maximum atomic E-state index is 13.4. The fourth-order valence-corrected chi connectivity index (χ4v) is 1.70. The van der Waals surface area contributed by atoms with E-state index < -0.39 is 34.7 Å². The fourth-order valence-electron chi connectivity index (χ4n) is 1.54. The minimum absolute atomic E-state index is 0.260. The van der Waals surface area contributed by atoms with Crippen LogP contribution in [0.4, 0.5) is 18.9 Å². The van der Waals surface area contributed by atoms with Crippen molar-refractivity contribution in [1.82, 2.24) is 0 Å². The number of benzene rings is 2. The Kier molecular flexibility index (Phi) is 3.85. The summed E-state index contributed by atoms with van der Waals surface area (Å²) in [5.74, 6) is -4.75. The zero-order valence-electron chi connectivity index (χ0n) is 9.75. The number of phenolic OH excluding ortho intramolecular Hbond substituents is 1. The molecule has 104 valence electrons. The predicted octanol–water partition coefficient (Wildman–Crippen LogP) is 3.72. The van der Waals surface area contributed by atoms with Crippen molar-refractivity contribution in [3.05, 3.63) is 58.4 Å². The Morgan fingerprint density at radius 3 is 2.30 bits per heavy atom. The molecule has 7 heteroatoms. The van der Waals surface area contributed by atoms with Gasteiger partial charge in [-0.1, -0.05) is 17.7 Å². The number of phenols is 1. The van der Waals surface area contributed by atoms with Crippen LogP contribution in [0.15, 0.2) is 30.3 Å². The third-order valence-corrected chi connectivity index (χ3v) is 2.77. The lowest BCUT2D eigenvalue weighted by Gasteiger charge is -2.09. The van der Waals surface area contributed by atoms with Gasteiger partial charge in [0.05, 0.1) is 10.7 Å². The van der Waals surface area contributed by atoms with Gasteiger partial charge in [0.15, 0.2) is 0 Å². The maximum absolute atomic E-state index is 13.4. The molecule has 0 unspecified atom stereocenters. The number of anilines is 1. The molecule has 2 rings (SSSR count). The first kappa shape index (κ1) is 14.2. The molecule has 1 amide bonds. The van der Waals surface area contributed by atoms with Crippen LogP contribution in [0.3, 0.4) is 0 Å². The second-order valence-electron chi connectivity index (χ2n) is 3.83. The average Bonchev–Trinajstić information content (AvgIpc) is 2.35. The molecule has 0 fully saturated rings. The standard InChI is InChI=1S/C13H7ClF3NO2/c14-6-4-10(11(19)5-9(6)17)18-13(20)12-7(15)2-1-3-8(12)16/h1-5,19H,(H,18,20). The molecular formula is C13H7ClF3NO2. The van der Waals surface area contributed by atoms with Crippen LogP contribution in [-0.4, -0.2) is 11.0 Å². The number of rotatable bonds is 2. The molecule has 0 radical (unpaired) electrons. The second-order valence-corrected chi connectivity index (χ2v) is 4.24. The maximum Gasteiger partial charge on any atom is 0.261 e. The Morgan fingerprint density at radius 1 is 1.10 bits per heavy atom. The Bertz CT molecular complexity index is 671. The molecule has 0 heterocycles. The quantitative estimate of drug-likeness (QED) is 0.831. The molecule has 0 atom stereocenters. The summed E-state index contributed by atoms with van der Waals surface area (Å²) in [6.45, 7) is 0. The van der Waals surface area contributed by atoms with E-state index in [4.69, 9.17) is 11.6 Å². The fraction of sp³-hybridized carbons (Fsp3) is 0. The van der Waals surface area contributed by atoms with Gasteiger partial charge >= 0.3 is 0 Å². The first-order chi connectivity index (χ1) is 9.40. The van der Waals surface area contributed by atoms with Gasteiger partial charge in [0.1, 0.15) is 28.8 Å². The van der Waals surface area contributed by atoms with Crippen LogP contribution in [0.5, 0.6) is 5.75 Å². The molecular weight excluding hydrogens is 295 g/mol. The zero-order valence-corrected chi connectivity index (χ0v) is 10.5. The largest absolute Gasteiger partial charge is 0.506 e. The third kappa shape index (κ3) is 2.70. The topological polar surface area (TPSA) is 49.3 Å². The second kappa shape index (κ2) is 5.42. The number of hydrogen-bond donors (Lipinski definition) is 2. The van der Waals surface area contributed by atoms with Crippen LogP contribution >= 0.6 is 11.6 Å². The summed E-state index contributed by atoms with van der Waals surface area (Å²) in [6, 6.07) is 4.54. The predicted molar refractivity (Wildman–Crippen MR) is 67.4 cm³/mol. The summed E-state index contributed by atoms with van der Waals surface area (Å²) in [6.07, 6.45) is 0. The highest BCUT2D eigenvalue weighted by atomic mass is 35.5. The highest BCUT2D eigenvalue weighted by Gasteiger charge is 2.19. The summed E-state index contributed by atoms with van der Waals surface area (Å²) in [5, 5.41) is 11.2. The van der Waals surface area contributed by atoms with Gasteiger partial charge in [-0.05, 0) is 18.2 Å². The van der Waals surface area contributed by atoms with Crippen LogP contribution in [-0.2, 0) is 0 Å². The van der Waals surface area contributed by atoms with Crippen LogP contribution in [0, 0.1) is 17.5 Å². The zero-order chi connectivity index (χ0) is 14.9. The third-order valence-electron chi connectivity index (χ3n) is 2.48. The summed E-state index contributed by atoms with van der Waals surface area (Å²) in [5.41, 5.74) is -1.07. The van der Waals surface area contributed by atoms with Crippen molar-refractivity contribution in [2.45, 2.75) is 0 Å².